The fraction of sp³-hybridized carbons (Fsp3) is 0.440. The van der Waals surface area contributed by atoms with Crippen LogP contribution in [0.1, 0.15) is 31.7 Å². The van der Waals surface area contributed by atoms with E-state index in [0.717, 1.165) is 49.2 Å². The molecule has 1 atom stereocenters. The summed E-state index contributed by atoms with van der Waals surface area (Å²) in [4.78, 5) is 24.5. The molecule has 35 heavy (non-hydrogen) atoms. The molecule has 10 heteroatoms. The van der Waals surface area contributed by atoms with Crippen molar-refractivity contribution in [2.75, 3.05) is 35.3 Å². The van der Waals surface area contributed by atoms with Crippen LogP contribution in [0.4, 0.5) is 22.0 Å². The molecule has 3 aliphatic rings. The van der Waals surface area contributed by atoms with Gasteiger partial charge in [0.15, 0.2) is 5.82 Å². The number of benzene rings is 1. The predicted octanol–water partition coefficient (Wildman–Crippen LogP) is 3.60. The number of hydrogen-bond donors (Lipinski definition) is 2. The number of aromatic nitrogens is 4. The second kappa shape index (κ2) is 8.53. The molecular formula is C25H29N7O3. The van der Waals surface area contributed by atoms with Crippen LogP contribution in [0.15, 0.2) is 36.7 Å². The monoisotopic (exact) mass is 475 g/mol. The smallest absolute Gasteiger partial charge is 0.323 e. The van der Waals surface area contributed by atoms with Gasteiger partial charge in [-0.1, -0.05) is 0 Å². The number of amides is 2. The minimum atomic E-state index is -0.331. The van der Waals surface area contributed by atoms with E-state index in [0.29, 0.717) is 36.3 Å². The number of aryl methyl sites for hydroxylation is 1. The number of ether oxygens (including phenoxy) is 2. The molecule has 2 aromatic heterocycles. The maximum atomic E-state index is 12.3. The van der Waals surface area contributed by atoms with E-state index in [1.165, 1.54) is 0 Å². The molecule has 4 heterocycles. The first-order chi connectivity index (χ1) is 17.0. The first-order valence-corrected chi connectivity index (χ1v) is 12.1. The molecule has 1 saturated carbocycles. The molecule has 2 amide bonds. The average Bonchev–Trinajstić information content (AvgIpc) is 3.47. The molecule has 2 fully saturated rings. The Balaban J connectivity index is 1.26. The Bertz CT molecular complexity index is 1250. The van der Waals surface area contributed by atoms with Crippen molar-refractivity contribution in [3.8, 4) is 17.3 Å². The lowest BCUT2D eigenvalue weighted by molar-refractivity contribution is 0.0978. The number of nitrogens with one attached hydrogen (secondary N) is 2. The van der Waals surface area contributed by atoms with Crippen LogP contribution in [0.5, 0.6) is 5.88 Å². The SMILES string of the molecule is C[C@H]1COCCN1c1nc(-c2ccc(NC(=O)Nc3cnn(C)c3)cc2)nc2c1CCC1(CC1)O2. The summed E-state index contributed by atoms with van der Waals surface area (Å²) in [5.74, 6) is 2.29. The van der Waals surface area contributed by atoms with E-state index in [1.807, 2.05) is 24.3 Å². The normalized spacial score (nSPS) is 20.2. The van der Waals surface area contributed by atoms with Crippen LogP contribution in [-0.4, -0.2) is 57.2 Å². The molecular weight excluding hydrogens is 446 g/mol. The van der Waals surface area contributed by atoms with Crippen LogP contribution in [0.2, 0.25) is 0 Å². The van der Waals surface area contributed by atoms with Crippen molar-refractivity contribution in [2.24, 2.45) is 7.05 Å². The number of hydrogen-bond acceptors (Lipinski definition) is 7. The largest absolute Gasteiger partial charge is 0.471 e. The van der Waals surface area contributed by atoms with Crippen molar-refractivity contribution in [1.29, 1.82) is 0 Å². The van der Waals surface area contributed by atoms with E-state index in [9.17, 15) is 4.79 Å². The second-order valence-corrected chi connectivity index (χ2v) is 9.62. The Hall–Kier alpha value is -3.66. The summed E-state index contributed by atoms with van der Waals surface area (Å²) < 4.78 is 13.7. The Kier molecular flexibility index (Phi) is 5.32. The third kappa shape index (κ3) is 4.41. The zero-order valence-electron chi connectivity index (χ0n) is 20.0. The zero-order valence-corrected chi connectivity index (χ0v) is 20.0. The Morgan fingerprint density at radius 2 is 1.91 bits per heavy atom. The van der Waals surface area contributed by atoms with E-state index < -0.39 is 0 Å². The van der Waals surface area contributed by atoms with E-state index in [-0.39, 0.29) is 17.7 Å². The molecule has 182 valence electrons. The van der Waals surface area contributed by atoms with Gasteiger partial charge in [-0.25, -0.2) is 9.78 Å². The summed E-state index contributed by atoms with van der Waals surface area (Å²) in [6.07, 6.45) is 7.47. The molecule has 1 aromatic carbocycles. The third-order valence-electron chi connectivity index (χ3n) is 6.90. The number of carbonyl (C=O) groups is 1. The number of urea groups is 1. The summed E-state index contributed by atoms with van der Waals surface area (Å²) in [6, 6.07) is 7.44. The van der Waals surface area contributed by atoms with E-state index in [1.54, 1.807) is 24.1 Å². The molecule has 0 bridgehead atoms. The van der Waals surface area contributed by atoms with Gasteiger partial charge in [0.2, 0.25) is 5.88 Å². The molecule has 0 unspecified atom stereocenters. The lowest BCUT2D eigenvalue weighted by Gasteiger charge is -2.37. The van der Waals surface area contributed by atoms with Gasteiger partial charge >= 0.3 is 6.03 Å². The number of morpholine rings is 1. The highest BCUT2D eigenvalue weighted by molar-refractivity contribution is 5.99. The van der Waals surface area contributed by atoms with E-state index in [2.05, 4.69) is 27.6 Å². The van der Waals surface area contributed by atoms with Crippen molar-refractivity contribution >= 4 is 23.2 Å². The molecule has 2 aliphatic heterocycles. The van der Waals surface area contributed by atoms with Crippen LogP contribution in [-0.2, 0) is 18.2 Å². The van der Waals surface area contributed by atoms with Crippen LogP contribution in [0, 0.1) is 0 Å². The van der Waals surface area contributed by atoms with Crippen LogP contribution in [0.3, 0.4) is 0 Å². The third-order valence-corrected chi connectivity index (χ3v) is 6.90. The van der Waals surface area contributed by atoms with Crippen molar-refractivity contribution in [3.05, 3.63) is 42.2 Å². The van der Waals surface area contributed by atoms with Crippen LogP contribution in [0.25, 0.3) is 11.4 Å². The van der Waals surface area contributed by atoms with Gasteiger partial charge in [0.05, 0.1) is 36.7 Å². The fourth-order valence-corrected chi connectivity index (χ4v) is 4.75. The Labute approximate surface area is 203 Å². The number of fused-ring (bicyclic) bond motifs is 1. The minimum absolute atomic E-state index is 0.0259. The molecule has 1 saturated heterocycles. The molecule has 6 rings (SSSR count). The van der Waals surface area contributed by atoms with Gasteiger partial charge in [0.25, 0.3) is 0 Å². The van der Waals surface area contributed by atoms with Crippen molar-refractivity contribution in [1.82, 2.24) is 19.7 Å². The van der Waals surface area contributed by atoms with Gasteiger partial charge in [-0.05, 0) is 56.9 Å². The van der Waals surface area contributed by atoms with Gasteiger partial charge in [-0.15, -0.1) is 0 Å². The lowest BCUT2D eigenvalue weighted by atomic mass is 10.0. The quantitative estimate of drug-likeness (QED) is 0.594. The molecule has 10 nitrogen and oxygen atoms in total. The average molecular weight is 476 g/mol. The van der Waals surface area contributed by atoms with Gasteiger partial charge in [0, 0.05) is 31.0 Å². The topological polar surface area (TPSA) is 106 Å². The molecule has 0 radical (unpaired) electrons. The second-order valence-electron chi connectivity index (χ2n) is 9.62. The summed E-state index contributed by atoms with van der Waals surface area (Å²) in [7, 11) is 1.80. The Morgan fingerprint density at radius 3 is 2.63 bits per heavy atom. The van der Waals surface area contributed by atoms with Gasteiger partial charge in [-0.3, -0.25) is 4.68 Å². The zero-order chi connectivity index (χ0) is 24.0. The highest BCUT2D eigenvalue weighted by Crippen LogP contribution is 2.49. The standard InChI is InChI=1S/C25H29N7O3/c1-16-15-34-12-11-32(16)22-20-7-8-25(9-10-25)35-23(20)30-21(29-22)17-3-5-18(6-4-17)27-24(33)28-19-13-26-31(2)14-19/h3-6,13-14,16H,7-12,15H2,1-2H3,(H2,27,28,33)/t16-/m0/s1. The Morgan fingerprint density at radius 1 is 1.11 bits per heavy atom. The predicted molar refractivity (Wildman–Crippen MR) is 132 cm³/mol. The highest BCUT2D eigenvalue weighted by Gasteiger charge is 2.49. The molecule has 2 N–H and O–H groups in total. The summed E-state index contributed by atoms with van der Waals surface area (Å²) in [5, 5.41) is 9.65. The lowest BCUT2D eigenvalue weighted by Crippen LogP contribution is -2.45. The van der Waals surface area contributed by atoms with E-state index >= 15 is 0 Å². The maximum Gasteiger partial charge on any atom is 0.323 e. The highest BCUT2D eigenvalue weighted by atomic mass is 16.5. The van der Waals surface area contributed by atoms with Crippen LogP contribution >= 0.6 is 0 Å². The summed E-state index contributed by atoms with van der Waals surface area (Å²) in [6.45, 7) is 4.33. The maximum absolute atomic E-state index is 12.3. The number of carbonyl (C=O) groups excluding carboxylic acids is 1. The van der Waals surface area contributed by atoms with Gasteiger partial charge in [0.1, 0.15) is 11.4 Å². The number of anilines is 3. The number of rotatable bonds is 4. The first kappa shape index (κ1) is 21.8. The fourth-order valence-electron chi connectivity index (χ4n) is 4.75. The van der Waals surface area contributed by atoms with Crippen molar-refractivity contribution in [3.63, 3.8) is 0 Å². The van der Waals surface area contributed by atoms with E-state index in [4.69, 9.17) is 19.4 Å². The number of nitrogens with zero attached hydrogens (tertiary/aromatic N) is 5. The van der Waals surface area contributed by atoms with Gasteiger partial charge < -0.3 is 25.0 Å². The minimum Gasteiger partial charge on any atom is -0.471 e. The summed E-state index contributed by atoms with van der Waals surface area (Å²) >= 11 is 0. The molecule has 3 aromatic rings. The van der Waals surface area contributed by atoms with Gasteiger partial charge in [-0.2, -0.15) is 10.1 Å². The molecule has 1 aliphatic carbocycles. The van der Waals surface area contributed by atoms with Crippen molar-refractivity contribution < 1.29 is 14.3 Å². The van der Waals surface area contributed by atoms with Crippen molar-refractivity contribution in [2.45, 2.75) is 44.2 Å². The van der Waals surface area contributed by atoms with Crippen LogP contribution < -0.4 is 20.3 Å². The first-order valence-electron chi connectivity index (χ1n) is 12.1. The summed E-state index contributed by atoms with van der Waals surface area (Å²) in [5.41, 5.74) is 3.24. The molecule has 1 spiro atoms.